The van der Waals surface area contributed by atoms with E-state index in [-0.39, 0.29) is 40.6 Å². The minimum Gasteiger partial charge on any atom is -0.508 e. The van der Waals surface area contributed by atoms with E-state index < -0.39 is 23.2 Å². The average Bonchev–Trinajstić information content (AvgIpc) is 3.70. The van der Waals surface area contributed by atoms with Gasteiger partial charge in [-0.2, -0.15) is 9.97 Å². The lowest BCUT2D eigenvalue weighted by atomic mass is 9.95. The van der Waals surface area contributed by atoms with E-state index in [9.17, 15) is 18.7 Å². The normalized spacial score (nSPS) is 22.2. The van der Waals surface area contributed by atoms with Crippen molar-refractivity contribution in [3.8, 4) is 35.4 Å². The Bertz CT molecular complexity index is 1850. The number of aromatic hydroxyl groups is 1. The molecule has 0 bridgehead atoms. The first-order chi connectivity index (χ1) is 20.3. The van der Waals surface area contributed by atoms with Crippen molar-refractivity contribution >= 4 is 27.5 Å². The fraction of sp³-hybridized carbons (Fsp3) is 0.406. The first-order valence-corrected chi connectivity index (χ1v) is 14.3. The van der Waals surface area contributed by atoms with Gasteiger partial charge in [0.15, 0.2) is 5.82 Å². The van der Waals surface area contributed by atoms with Crippen molar-refractivity contribution in [2.24, 2.45) is 0 Å². The van der Waals surface area contributed by atoms with Crippen LogP contribution in [0.1, 0.15) is 43.2 Å². The highest BCUT2D eigenvalue weighted by atomic mass is 19.1. The molecule has 3 saturated heterocycles. The van der Waals surface area contributed by atoms with Crippen LogP contribution in [0.2, 0.25) is 0 Å². The Balaban J connectivity index is 1.41. The molecule has 0 radical (unpaired) electrons. The molecule has 0 aliphatic carbocycles. The Hall–Kier alpha value is -4.23. The second-order valence-electron chi connectivity index (χ2n) is 11.6. The molecule has 42 heavy (non-hydrogen) atoms. The van der Waals surface area contributed by atoms with Gasteiger partial charge in [0, 0.05) is 42.6 Å². The summed E-state index contributed by atoms with van der Waals surface area (Å²) < 4.78 is 41.3. The molecule has 7 rings (SSSR count). The third-order valence-electron chi connectivity index (χ3n) is 9.04. The van der Waals surface area contributed by atoms with Crippen LogP contribution in [0.4, 0.5) is 14.6 Å². The molecule has 216 valence electrons. The highest BCUT2D eigenvalue weighted by Gasteiger charge is 2.49. The molecule has 5 heterocycles. The second-order valence-corrected chi connectivity index (χ2v) is 11.6. The van der Waals surface area contributed by atoms with Crippen LogP contribution in [0.5, 0.6) is 11.8 Å². The summed E-state index contributed by atoms with van der Waals surface area (Å²) in [4.78, 5) is 27.2. The largest absolute Gasteiger partial charge is 0.508 e. The Morgan fingerprint density at radius 3 is 2.79 bits per heavy atom. The standard InChI is InChI=1S/C32H30F2N4O4/c1-3-22-24(34)8-7-19-13-21(39)14-23(25(19)22)28-18(2)27-26(30(40)42-28)29(37-10-4-5-11-37)36-31(35-27)41-17-32-9-6-12-38(32)16-20(33)15-32/h1,7-8,13-14,20,39H,4-6,9-12,15-17H2,2H3/t20-,32+/m1/s1. The van der Waals surface area contributed by atoms with Gasteiger partial charge >= 0.3 is 11.6 Å². The number of anilines is 1. The highest BCUT2D eigenvalue weighted by molar-refractivity contribution is 6.03. The van der Waals surface area contributed by atoms with E-state index in [0.717, 1.165) is 45.3 Å². The summed E-state index contributed by atoms with van der Waals surface area (Å²) in [7, 11) is 0. The molecule has 3 aliphatic heterocycles. The summed E-state index contributed by atoms with van der Waals surface area (Å²) in [6, 6.07) is 5.73. The van der Waals surface area contributed by atoms with Crippen molar-refractivity contribution < 1.29 is 23.0 Å². The molecule has 0 unspecified atom stereocenters. The van der Waals surface area contributed by atoms with E-state index in [2.05, 4.69) is 15.8 Å². The van der Waals surface area contributed by atoms with Gasteiger partial charge in [-0.3, -0.25) is 4.90 Å². The number of alkyl halides is 1. The van der Waals surface area contributed by atoms with Crippen LogP contribution in [0.15, 0.2) is 33.5 Å². The summed E-state index contributed by atoms with van der Waals surface area (Å²) in [5, 5.41) is 11.6. The van der Waals surface area contributed by atoms with Crippen LogP contribution in [-0.4, -0.2) is 64.5 Å². The molecule has 0 spiro atoms. The summed E-state index contributed by atoms with van der Waals surface area (Å²) in [6.45, 7) is 4.67. The lowest BCUT2D eigenvalue weighted by molar-refractivity contribution is 0.107. The maximum Gasteiger partial charge on any atom is 0.349 e. The maximum absolute atomic E-state index is 14.8. The Morgan fingerprint density at radius 2 is 2.00 bits per heavy atom. The number of halogens is 2. The number of hydrogen-bond donors (Lipinski definition) is 1. The van der Waals surface area contributed by atoms with Crippen LogP contribution in [0.25, 0.3) is 33.0 Å². The van der Waals surface area contributed by atoms with Gasteiger partial charge in [-0.05, 0) is 62.7 Å². The fourth-order valence-electron chi connectivity index (χ4n) is 7.09. The monoisotopic (exact) mass is 572 g/mol. The number of ether oxygens (including phenoxy) is 1. The van der Waals surface area contributed by atoms with Gasteiger partial charge in [0.1, 0.15) is 35.5 Å². The third kappa shape index (κ3) is 4.18. The van der Waals surface area contributed by atoms with Crippen molar-refractivity contribution in [3.05, 3.63) is 51.6 Å². The number of aryl methyl sites for hydroxylation is 1. The van der Waals surface area contributed by atoms with Crippen LogP contribution in [0.3, 0.4) is 0 Å². The van der Waals surface area contributed by atoms with Gasteiger partial charge in [0.25, 0.3) is 0 Å². The molecule has 0 amide bonds. The summed E-state index contributed by atoms with van der Waals surface area (Å²) in [5.41, 5.74) is 0.0411. The average molecular weight is 573 g/mol. The molecule has 1 N–H and O–H groups in total. The maximum atomic E-state index is 14.8. The number of hydrogen-bond acceptors (Lipinski definition) is 8. The lowest BCUT2D eigenvalue weighted by Gasteiger charge is -2.31. The van der Waals surface area contributed by atoms with Crippen LogP contribution in [-0.2, 0) is 0 Å². The minimum atomic E-state index is -0.893. The minimum absolute atomic E-state index is 0.00258. The van der Waals surface area contributed by atoms with Gasteiger partial charge in [-0.25, -0.2) is 13.6 Å². The number of terminal acetylenes is 1. The predicted octanol–water partition coefficient (Wildman–Crippen LogP) is 5.09. The van der Waals surface area contributed by atoms with Gasteiger partial charge in [-0.1, -0.05) is 12.0 Å². The van der Waals surface area contributed by atoms with E-state index in [1.807, 2.05) is 4.90 Å². The molecular weight excluding hydrogens is 542 g/mol. The van der Waals surface area contributed by atoms with Crippen molar-refractivity contribution in [1.29, 1.82) is 0 Å². The van der Waals surface area contributed by atoms with E-state index >= 15 is 0 Å². The first kappa shape index (κ1) is 26.7. The molecule has 8 nitrogen and oxygen atoms in total. The molecule has 4 aromatic rings. The van der Waals surface area contributed by atoms with Crippen molar-refractivity contribution in [3.63, 3.8) is 0 Å². The number of fused-ring (bicyclic) bond motifs is 3. The van der Waals surface area contributed by atoms with E-state index in [1.54, 1.807) is 6.92 Å². The number of rotatable bonds is 5. The quantitative estimate of drug-likeness (QED) is 0.331. The summed E-state index contributed by atoms with van der Waals surface area (Å²) in [5.74, 6) is 2.25. The van der Waals surface area contributed by atoms with Gasteiger partial charge in [-0.15, -0.1) is 6.42 Å². The molecule has 10 heteroatoms. The van der Waals surface area contributed by atoms with Crippen molar-refractivity contribution in [1.82, 2.24) is 14.9 Å². The topological polar surface area (TPSA) is 91.9 Å². The van der Waals surface area contributed by atoms with Gasteiger partial charge < -0.3 is 19.2 Å². The molecular formula is C32H30F2N4O4. The molecule has 3 aliphatic rings. The van der Waals surface area contributed by atoms with E-state index in [4.69, 9.17) is 20.6 Å². The number of aromatic nitrogens is 2. The Labute approximate surface area is 240 Å². The van der Waals surface area contributed by atoms with Gasteiger partial charge in [0.2, 0.25) is 0 Å². The fourth-order valence-corrected chi connectivity index (χ4v) is 7.09. The first-order valence-electron chi connectivity index (χ1n) is 14.3. The van der Waals surface area contributed by atoms with Gasteiger partial charge in [0.05, 0.1) is 16.6 Å². The number of phenols is 1. The van der Waals surface area contributed by atoms with Crippen molar-refractivity contribution in [2.45, 2.75) is 50.7 Å². The molecule has 2 aromatic heterocycles. The number of phenolic OH excluding ortho intramolecular Hbond substituents is 1. The number of nitrogens with zero attached hydrogens (tertiary/aromatic N) is 4. The molecule has 0 saturated carbocycles. The summed E-state index contributed by atoms with van der Waals surface area (Å²) >= 11 is 0. The van der Waals surface area contributed by atoms with Crippen LogP contribution in [0, 0.1) is 25.1 Å². The molecule has 2 aromatic carbocycles. The zero-order valence-electron chi connectivity index (χ0n) is 23.3. The lowest BCUT2D eigenvalue weighted by Crippen LogP contribution is -2.43. The number of benzene rings is 2. The zero-order valence-corrected chi connectivity index (χ0v) is 23.3. The van der Waals surface area contributed by atoms with Crippen LogP contribution >= 0.6 is 0 Å². The van der Waals surface area contributed by atoms with E-state index in [1.165, 1.54) is 24.3 Å². The molecule has 3 fully saturated rings. The summed E-state index contributed by atoms with van der Waals surface area (Å²) in [6.07, 6.45) is 8.93. The Morgan fingerprint density at radius 1 is 1.19 bits per heavy atom. The third-order valence-corrected chi connectivity index (χ3v) is 9.04. The zero-order chi connectivity index (χ0) is 29.2. The van der Waals surface area contributed by atoms with E-state index in [0.29, 0.717) is 40.6 Å². The van der Waals surface area contributed by atoms with Crippen molar-refractivity contribution in [2.75, 3.05) is 37.7 Å². The second kappa shape index (κ2) is 9.95. The predicted molar refractivity (Wildman–Crippen MR) is 155 cm³/mol. The highest BCUT2D eigenvalue weighted by Crippen LogP contribution is 2.42. The Kier molecular flexibility index (Phi) is 6.31. The molecule has 2 atom stereocenters. The SMILES string of the molecule is C#Cc1c(F)ccc2cc(O)cc(-c3oc(=O)c4c(N5CCCC5)nc(OC[C@@]56CCCN5C[C@H](F)C6)nc4c3C)c12. The van der Waals surface area contributed by atoms with Crippen LogP contribution < -0.4 is 15.3 Å². The smallest absolute Gasteiger partial charge is 0.349 e.